The van der Waals surface area contributed by atoms with E-state index in [4.69, 9.17) is 11.1 Å². The van der Waals surface area contributed by atoms with Gasteiger partial charge in [-0.15, -0.1) is 0 Å². The van der Waals surface area contributed by atoms with Gasteiger partial charge in [0, 0.05) is 31.6 Å². The second-order valence-electron chi connectivity index (χ2n) is 5.06. The Hall–Kier alpha value is -2.04. The third kappa shape index (κ3) is 7.34. The van der Waals surface area contributed by atoms with E-state index in [-0.39, 0.29) is 0 Å². The molecule has 0 aliphatic carbocycles. The standard InChI is InChI=1S/C16H28N4O/c1-6-8-9-10-13(11-20(4)5)15(17)14(7-2)12(3)19-16(18)21/h9-11,17H,6-8H2,1-5H3,(H3,18,19,21)/b10-9-,13-11+,14-12+,17-15?. The number of primary amides is 1. The monoisotopic (exact) mass is 292 g/mol. The highest BCUT2D eigenvalue weighted by Crippen LogP contribution is 2.16. The lowest BCUT2D eigenvalue weighted by Gasteiger charge is -2.15. The van der Waals surface area contributed by atoms with Crippen molar-refractivity contribution in [2.75, 3.05) is 14.1 Å². The molecule has 0 aromatic heterocycles. The van der Waals surface area contributed by atoms with Crippen LogP contribution >= 0.6 is 0 Å². The van der Waals surface area contributed by atoms with Crippen LogP contribution in [0.4, 0.5) is 4.79 Å². The van der Waals surface area contributed by atoms with Gasteiger partial charge in [-0.3, -0.25) is 5.41 Å². The van der Waals surface area contributed by atoms with Crippen LogP contribution in [0.2, 0.25) is 0 Å². The number of amides is 2. The highest BCUT2D eigenvalue weighted by molar-refractivity contribution is 6.12. The molecule has 0 saturated carbocycles. The SMILES string of the molecule is CCC/C=C\C(=C/N(C)C)C(=N)/C(CC)=C(\C)NC(N)=O. The van der Waals surface area contributed by atoms with Gasteiger partial charge in [-0.05, 0) is 25.3 Å². The minimum atomic E-state index is -0.606. The largest absolute Gasteiger partial charge is 0.383 e. The Morgan fingerprint density at radius 1 is 1.33 bits per heavy atom. The van der Waals surface area contributed by atoms with Gasteiger partial charge < -0.3 is 16.0 Å². The van der Waals surface area contributed by atoms with E-state index < -0.39 is 6.03 Å². The summed E-state index contributed by atoms with van der Waals surface area (Å²) in [6.45, 7) is 5.84. The van der Waals surface area contributed by atoms with Crippen LogP contribution in [0.3, 0.4) is 0 Å². The fourth-order valence-electron chi connectivity index (χ4n) is 1.91. The number of rotatable bonds is 8. The number of hydrogen-bond acceptors (Lipinski definition) is 3. The highest BCUT2D eigenvalue weighted by Gasteiger charge is 2.12. The average molecular weight is 292 g/mol. The van der Waals surface area contributed by atoms with Crippen LogP contribution in [-0.4, -0.2) is 30.7 Å². The van der Waals surface area contributed by atoms with E-state index >= 15 is 0 Å². The molecule has 0 spiro atoms. The van der Waals surface area contributed by atoms with Crippen LogP contribution in [0.25, 0.3) is 0 Å². The van der Waals surface area contributed by atoms with Crippen LogP contribution in [0.5, 0.6) is 0 Å². The summed E-state index contributed by atoms with van der Waals surface area (Å²) in [7, 11) is 3.84. The molecule has 0 aliphatic heterocycles. The number of nitrogens with two attached hydrogens (primary N) is 1. The highest BCUT2D eigenvalue weighted by atomic mass is 16.2. The molecule has 0 saturated heterocycles. The molecular weight excluding hydrogens is 264 g/mol. The maximum atomic E-state index is 11.0. The van der Waals surface area contributed by atoms with Crippen LogP contribution in [0.15, 0.2) is 35.2 Å². The lowest BCUT2D eigenvalue weighted by Crippen LogP contribution is -2.29. The first-order valence-electron chi connectivity index (χ1n) is 7.23. The number of hydrogen-bond donors (Lipinski definition) is 3. The molecule has 0 unspecified atom stereocenters. The molecular formula is C16H28N4O. The molecule has 4 N–H and O–H groups in total. The molecule has 5 heteroatoms. The average Bonchev–Trinajstić information content (AvgIpc) is 2.37. The van der Waals surface area contributed by atoms with Crippen LogP contribution < -0.4 is 11.1 Å². The molecule has 0 aromatic rings. The Bertz CT molecular complexity index is 459. The Kier molecular flexibility index (Phi) is 8.85. The van der Waals surface area contributed by atoms with Gasteiger partial charge in [0.1, 0.15) is 0 Å². The minimum Gasteiger partial charge on any atom is -0.383 e. The number of nitrogens with one attached hydrogen (secondary N) is 2. The van der Waals surface area contributed by atoms with Crippen molar-refractivity contribution >= 4 is 11.7 Å². The second-order valence-corrected chi connectivity index (χ2v) is 5.06. The topological polar surface area (TPSA) is 82.2 Å². The second kappa shape index (κ2) is 9.80. The Labute approximate surface area is 128 Å². The zero-order valence-corrected chi connectivity index (χ0v) is 13.8. The number of unbranched alkanes of at least 4 members (excludes halogenated alkanes) is 1. The number of carbonyl (C=O) groups excluding carboxylic acids is 1. The molecule has 0 atom stereocenters. The zero-order valence-electron chi connectivity index (χ0n) is 13.8. The van der Waals surface area contributed by atoms with Crippen molar-refractivity contribution in [3.8, 4) is 0 Å². The van der Waals surface area contributed by atoms with Crippen molar-refractivity contribution in [2.45, 2.75) is 40.0 Å². The summed E-state index contributed by atoms with van der Waals surface area (Å²) in [4.78, 5) is 12.9. The van der Waals surface area contributed by atoms with Crippen LogP contribution in [-0.2, 0) is 0 Å². The van der Waals surface area contributed by atoms with Crippen molar-refractivity contribution in [3.05, 3.63) is 35.2 Å². The quantitative estimate of drug-likeness (QED) is 0.474. The third-order valence-corrected chi connectivity index (χ3v) is 2.86. The van der Waals surface area contributed by atoms with Crippen LogP contribution in [0, 0.1) is 5.41 Å². The van der Waals surface area contributed by atoms with E-state index in [0.717, 1.165) is 24.0 Å². The smallest absolute Gasteiger partial charge is 0.316 e. The molecule has 0 fully saturated rings. The minimum absolute atomic E-state index is 0.407. The number of carbonyl (C=O) groups is 1. The molecule has 5 nitrogen and oxygen atoms in total. The van der Waals surface area contributed by atoms with Gasteiger partial charge in [0.15, 0.2) is 0 Å². The van der Waals surface area contributed by atoms with Crippen molar-refractivity contribution in [3.63, 3.8) is 0 Å². The Morgan fingerprint density at radius 3 is 2.38 bits per heavy atom. The molecule has 2 amide bonds. The Balaban J connectivity index is 5.48. The number of allylic oxidation sites excluding steroid dienone is 5. The van der Waals surface area contributed by atoms with E-state index in [2.05, 4.69) is 18.3 Å². The van der Waals surface area contributed by atoms with Crippen molar-refractivity contribution in [1.29, 1.82) is 5.41 Å². The van der Waals surface area contributed by atoms with E-state index in [1.54, 1.807) is 6.92 Å². The van der Waals surface area contributed by atoms with E-state index in [9.17, 15) is 4.79 Å². The summed E-state index contributed by atoms with van der Waals surface area (Å²) >= 11 is 0. The molecule has 0 radical (unpaired) electrons. The van der Waals surface area contributed by atoms with Gasteiger partial charge in [-0.1, -0.05) is 32.4 Å². The van der Waals surface area contributed by atoms with Gasteiger partial charge in [-0.2, -0.15) is 0 Å². The lowest BCUT2D eigenvalue weighted by atomic mass is 9.98. The van der Waals surface area contributed by atoms with Crippen LogP contribution in [0.1, 0.15) is 40.0 Å². The fraction of sp³-hybridized carbons (Fsp3) is 0.500. The predicted octanol–water partition coefficient (Wildman–Crippen LogP) is 3.16. The first kappa shape index (κ1) is 19.0. The summed E-state index contributed by atoms with van der Waals surface area (Å²) in [5, 5.41) is 11.0. The first-order chi connectivity index (χ1) is 9.83. The maximum Gasteiger partial charge on any atom is 0.316 e. The number of nitrogens with zero attached hydrogens (tertiary/aromatic N) is 1. The van der Waals surface area contributed by atoms with Crippen molar-refractivity contribution in [2.24, 2.45) is 5.73 Å². The molecule has 0 aromatic carbocycles. The molecule has 0 heterocycles. The molecule has 21 heavy (non-hydrogen) atoms. The van der Waals surface area contributed by atoms with E-state index in [1.165, 1.54) is 0 Å². The lowest BCUT2D eigenvalue weighted by molar-refractivity contribution is 0.251. The summed E-state index contributed by atoms with van der Waals surface area (Å²) in [6, 6.07) is -0.606. The Morgan fingerprint density at radius 2 is 1.95 bits per heavy atom. The first-order valence-corrected chi connectivity index (χ1v) is 7.23. The summed E-state index contributed by atoms with van der Waals surface area (Å²) in [5.74, 6) is 0. The van der Waals surface area contributed by atoms with Gasteiger partial charge >= 0.3 is 6.03 Å². The summed E-state index contributed by atoms with van der Waals surface area (Å²) in [5.41, 5.74) is 7.78. The predicted molar refractivity (Wildman–Crippen MR) is 89.3 cm³/mol. The summed E-state index contributed by atoms with van der Waals surface area (Å²) in [6.07, 6.45) is 8.62. The third-order valence-electron chi connectivity index (χ3n) is 2.86. The number of urea groups is 1. The fourth-order valence-corrected chi connectivity index (χ4v) is 1.91. The molecule has 0 bridgehead atoms. The molecule has 118 valence electrons. The van der Waals surface area contributed by atoms with Crippen molar-refractivity contribution < 1.29 is 4.79 Å². The van der Waals surface area contributed by atoms with E-state index in [0.29, 0.717) is 17.8 Å². The van der Waals surface area contributed by atoms with Gasteiger partial charge in [0.25, 0.3) is 0 Å². The maximum absolute atomic E-state index is 11.0. The summed E-state index contributed by atoms with van der Waals surface area (Å²) < 4.78 is 0. The van der Waals surface area contributed by atoms with Gasteiger partial charge in [-0.25, -0.2) is 4.79 Å². The van der Waals surface area contributed by atoms with Gasteiger partial charge in [0.2, 0.25) is 0 Å². The normalized spacial score (nSPS) is 13.1. The molecule has 0 rings (SSSR count). The molecule has 0 aliphatic rings. The zero-order chi connectivity index (χ0) is 16.4. The van der Waals surface area contributed by atoms with Gasteiger partial charge in [0.05, 0.1) is 5.71 Å². The van der Waals surface area contributed by atoms with Crippen molar-refractivity contribution in [1.82, 2.24) is 10.2 Å². The van der Waals surface area contributed by atoms with E-state index in [1.807, 2.05) is 38.2 Å².